The van der Waals surface area contributed by atoms with Gasteiger partial charge in [0, 0.05) is 31.6 Å². The van der Waals surface area contributed by atoms with E-state index < -0.39 is 0 Å². The molecule has 1 aliphatic heterocycles. The van der Waals surface area contributed by atoms with Gasteiger partial charge in [0.05, 0.1) is 0 Å². The standard InChI is InChI=1S/C28H29N3O2/c1-18(32)31-22-9-5-8-20(14-22)23-11-10-21(27-17-29-13-12-24(23)27)16-30-28(33)26-15-25(26)19-6-3-2-4-7-19/h2-11,14,25-26,29H,12-13,15-17H2,1H3,(H,30,33)(H,31,32)/t25-,26?/m0/s1. The molecule has 0 radical (unpaired) electrons. The highest BCUT2D eigenvalue weighted by molar-refractivity contribution is 5.89. The third-order valence-corrected chi connectivity index (χ3v) is 6.68. The van der Waals surface area contributed by atoms with E-state index >= 15 is 0 Å². The predicted octanol–water partition coefficient (Wildman–Crippen LogP) is 4.38. The van der Waals surface area contributed by atoms with Gasteiger partial charge < -0.3 is 16.0 Å². The van der Waals surface area contributed by atoms with Gasteiger partial charge in [0.1, 0.15) is 0 Å². The van der Waals surface area contributed by atoms with Crippen LogP contribution in [0.4, 0.5) is 5.69 Å². The van der Waals surface area contributed by atoms with Crippen molar-refractivity contribution in [2.75, 3.05) is 11.9 Å². The molecule has 2 amide bonds. The van der Waals surface area contributed by atoms with Crippen LogP contribution in [0.3, 0.4) is 0 Å². The summed E-state index contributed by atoms with van der Waals surface area (Å²) in [5.74, 6) is 0.500. The Morgan fingerprint density at radius 2 is 1.85 bits per heavy atom. The summed E-state index contributed by atoms with van der Waals surface area (Å²) in [4.78, 5) is 24.2. The van der Waals surface area contributed by atoms with Crippen LogP contribution in [0.2, 0.25) is 0 Å². The van der Waals surface area contributed by atoms with E-state index in [-0.39, 0.29) is 17.7 Å². The Morgan fingerprint density at radius 3 is 2.67 bits per heavy atom. The van der Waals surface area contributed by atoms with Gasteiger partial charge in [-0.25, -0.2) is 0 Å². The highest BCUT2D eigenvalue weighted by Crippen LogP contribution is 2.47. The zero-order valence-corrected chi connectivity index (χ0v) is 18.9. The van der Waals surface area contributed by atoms with E-state index in [4.69, 9.17) is 0 Å². The summed E-state index contributed by atoms with van der Waals surface area (Å²) in [6, 6.07) is 22.6. The molecule has 5 rings (SSSR count). The van der Waals surface area contributed by atoms with Crippen LogP contribution in [-0.4, -0.2) is 18.4 Å². The molecule has 1 unspecified atom stereocenters. The van der Waals surface area contributed by atoms with Crippen molar-refractivity contribution in [3.8, 4) is 11.1 Å². The van der Waals surface area contributed by atoms with Crippen LogP contribution in [-0.2, 0) is 29.1 Å². The first-order valence-corrected chi connectivity index (χ1v) is 11.6. The van der Waals surface area contributed by atoms with Gasteiger partial charge in [0.25, 0.3) is 0 Å². The van der Waals surface area contributed by atoms with Crippen LogP contribution in [0.15, 0.2) is 66.7 Å². The van der Waals surface area contributed by atoms with E-state index in [1.165, 1.54) is 34.7 Å². The Hall–Kier alpha value is -3.44. The molecule has 33 heavy (non-hydrogen) atoms. The van der Waals surface area contributed by atoms with Gasteiger partial charge in [0.15, 0.2) is 0 Å². The van der Waals surface area contributed by atoms with Gasteiger partial charge in [-0.05, 0) is 70.8 Å². The van der Waals surface area contributed by atoms with E-state index in [9.17, 15) is 9.59 Å². The first-order valence-electron chi connectivity index (χ1n) is 11.6. The van der Waals surface area contributed by atoms with E-state index in [1.807, 2.05) is 36.4 Å². The molecule has 3 N–H and O–H groups in total. The molecule has 2 atom stereocenters. The number of amides is 2. The van der Waals surface area contributed by atoms with Crippen molar-refractivity contribution in [3.05, 3.63) is 89.0 Å². The smallest absolute Gasteiger partial charge is 0.224 e. The average molecular weight is 440 g/mol. The fraction of sp³-hybridized carbons (Fsp3) is 0.286. The molecule has 2 aliphatic rings. The lowest BCUT2D eigenvalue weighted by Gasteiger charge is -2.24. The Morgan fingerprint density at radius 1 is 1.00 bits per heavy atom. The number of carbonyl (C=O) groups excluding carboxylic acids is 2. The number of anilines is 1. The predicted molar refractivity (Wildman–Crippen MR) is 131 cm³/mol. The monoisotopic (exact) mass is 439 g/mol. The second kappa shape index (κ2) is 9.20. The second-order valence-electron chi connectivity index (χ2n) is 9.00. The fourth-order valence-electron chi connectivity index (χ4n) is 4.94. The van der Waals surface area contributed by atoms with Crippen LogP contribution in [0.5, 0.6) is 0 Å². The minimum Gasteiger partial charge on any atom is -0.352 e. The van der Waals surface area contributed by atoms with Gasteiger partial charge in [-0.2, -0.15) is 0 Å². The lowest BCUT2D eigenvalue weighted by atomic mass is 9.88. The Kier molecular flexibility index (Phi) is 5.97. The maximum Gasteiger partial charge on any atom is 0.224 e. The van der Waals surface area contributed by atoms with Crippen LogP contribution >= 0.6 is 0 Å². The molecule has 1 aliphatic carbocycles. The number of nitrogens with one attached hydrogen (secondary N) is 3. The topological polar surface area (TPSA) is 70.2 Å². The summed E-state index contributed by atoms with van der Waals surface area (Å²) in [6.07, 6.45) is 1.87. The van der Waals surface area contributed by atoms with Crippen molar-refractivity contribution in [1.82, 2.24) is 10.6 Å². The summed E-state index contributed by atoms with van der Waals surface area (Å²) in [5.41, 5.74) is 8.12. The summed E-state index contributed by atoms with van der Waals surface area (Å²) in [5, 5.41) is 9.54. The fourth-order valence-corrected chi connectivity index (χ4v) is 4.94. The van der Waals surface area contributed by atoms with Crippen LogP contribution in [0.1, 0.15) is 41.5 Å². The van der Waals surface area contributed by atoms with Crippen molar-refractivity contribution in [3.63, 3.8) is 0 Å². The molecule has 1 heterocycles. The van der Waals surface area contributed by atoms with Crippen LogP contribution in [0, 0.1) is 5.92 Å². The number of hydrogen-bond donors (Lipinski definition) is 3. The molecule has 1 fully saturated rings. The number of hydrogen-bond acceptors (Lipinski definition) is 3. The van der Waals surface area contributed by atoms with Crippen molar-refractivity contribution < 1.29 is 9.59 Å². The lowest BCUT2D eigenvalue weighted by Crippen LogP contribution is -2.29. The average Bonchev–Trinajstić information content (AvgIpc) is 3.64. The van der Waals surface area contributed by atoms with Gasteiger partial charge in [-0.1, -0.05) is 54.6 Å². The second-order valence-corrected chi connectivity index (χ2v) is 9.00. The van der Waals surface area contributed by atoms with Crippen LogP contribution < -0.4 is 16.0 Å². The molecule has 1 saturated carbocycles. The molecule has 0 bridgehead atoms. The maximum absolute atomic E-state index is 12.8. The summed E-state index contributed by atoms with van der Waals surface area (Å²) < 4.78 is 0. The third-order valence-electron chi connectivity index (χ3n) is 6.68. The van der Waals surface area contributed by atoms with Crippen molar-refractivity contribution in [2.45, 2.75) is 38.8 Å². The van der Waals surface area contributed by atoms with E-state index in [1.54, 1.807) is 0 Å². The van der Waals surface area contributed by atoms with E-state index in [2.05, 4.69) is 46.3 Å². The normalized spacial score (nSPS) is 18.8. The Labute approximate surface area is 194 Å². The highest BCUT2D eigenvalue weighted by atomic mass is 16.2. The van der Waals surface area contributed by atoms with Gasteiger partial charge >= 0.3 is 0 Å². The van der Waals surface area contributed by atoms with Gasteiger partial charge in [-0.3, -0.25) is 9.59 Å². The molecule has 0 aromatic heterocycles. The number of fused-ring (bicyclic) bond motifs is 1. The summed E-state index contributed by atoms with van der Waals surface area (Å²) in [7, 11) is 0. The minimum absolute atomic E-state index is 0.0744. The number of carbonyl (C=O) groups is 2. The number of benzene rings is 3. The molecular formula is C28H29N3O2. The molecular weight excluding hydrogens is 410 g/mol. The quantitative estimate of drug-likeness (QED) is 0.534. The largest absolute Gasteiger partial charge is 0.352 e. The van der Waals surface area contributed by atoms with E-state index in [0.29, 0.717) is 12.5 Å². The molecule has 5 heteroatoms. The zero-order chi connectivity index (χ0) is 22.8. The number of rotatable bonds is 6. The maximum atomic E-state index is 12.8. The van der Waals surface area contributed by atoms with Crippen molar-refractivity contribution >= 4 is 17.5 Å². The molecule has 3 aromatic carbocycles. The Balaban J connectivity index is 1.33. The highest BCUT2D eigenvalue weighted by Gasteiger charge is 2.43. The SMILES string of the molecule is CC(=O)Nc1cccc(-c2ccc(CNC(=O)C3C[C@H]3c3ccccc3)c3c2CCNC3)c1. The summed E-state index contributed by atoms with van der Waals surface area (Å²) >= 11 is 0. The van der Waals surface area contributed by atoms with Gasteiger partial charge in [0.2, 0.25) is 11.8 Å². The van der Waals surface area contributed by atoms with E-state index in [0.717, 1.165) is 37.2 Å². The minimum atomic E-state index is -0.0744. The molecule has 5 nitrogen and oxygen atoms in total. The molecule has 168 valence electrons. The Bertz CT molecular complexity index is 1190. The lowest BCUT2D eigenvalue weighted by molar-refractivity contribution is -0.122. The molecule has 3 aromatic rings. The van der Waals surface area contributed by atoms with Gasteiger partial charge in [-0.15, -0.1) is 0 Å². The first-order chi connectivity index (χ1) is 16.1. The van der Waals surface area contributed by atoms with Crippen LogP contribution in [0.25, 0.3) is 11.1 Å². The van der Waals surface area contributed by atoms with Crippen molar-refractivity contribution in [2.24, 2.45) is 5.92 Å². The third kappa shape index (κ3) is 4.69. The molecule has 0 spiro atoms. The zero-order valence-electron chi connectivity index (χ0n) is 18.9. The molecule has 0 saturated heterocycles. The van der Waals surface area contributed by atoms with Crippen molar-refractivity contribution in [1.29, 1.82) is 0 Å². The first kappa shape index (κ1) is 21.4. The summed E-state index contributed by atoms with van der Waals surface area (Å²) in [6.45, 7) is 3.80.